The van der Waals surface area contributed by atoms with Gasteiger partial charge >= 0.3 is 6.36 Å². The highest BCUT2D eigenvalue weighted by Gasteiger charge is 2.31. The molecule has 148 valence electrons. The van der Waals surface area contributed by atoms with Crippen LogP contribution >= 0.6 is 0 Å². The number of rotatable bonds is 6. The molecule has 0 radical (unpaired) electrons. The highest BCUT2D eigenvalue weighted by Crippen LogP contribution is 2.28. The Morgan fingerprint density at radius 3 is 2.72 bits per heavy atom. The highest BCUT2D eigenvalue weighted by atomic mass is 19.4. The van der Waals surface area contributed by atoms with Gasteiger partial charge in [-0.2, -0.15) is 0 Å². The van der Waals surface area contributed by atoms with Crippen molar-refractivity contribution in [1.82, 2.24) is 19.6 Å². The largest absolute Gasteiger partial charge is 0.573 e. The van der Waals surface area contributed by atoms with E-state index in [1.54, 1.807) is 35.1 Å². The zero-order valence-corrected chi connectivity index (χ0v) is 15.1. The third-order valence-electron chi connectivity index (χ3n) is 4.17. The van der Waals surface area contributed by atoms with Gasteiger partial charge in [0.05, 0.1) is 11.9 Å². The van der Waals surface area contributed by atoms with Crippen LogP contribution < -0.4 is 10.1 Å². The monoisotopic (exact) mass is 399 g/mol. The molecule has 1 N–H and O–H groups in total. The number of anilines is 1. The van der Waals surface area contributed by atoms with Crippen molar-refractivity contribution in [3.63, 3.8) is 0 Å². The van der Waals surface area contributed by atoms with Crippen LogP contribution in [-0.2, 0) is 6.42 Å². The number of hydrogen-bond donors (Lipinski definition) is 1. The number of alkyl halides is 3. The SMILES string of the molecule is FC(F)(F)Oc1cccc(-c2cnc3ccc(NCCc4cccnc4)nn23)c1. The van der Waals surface area contributed by atoms with E-state index in [1.165, 1.54) is 18.2 Å². The van der Waals surface area contributed by atoms with Crippen molar-refractivity contribution >= 4 is 11.5 Å². The molecule has 4 aromatic rings. The van der Waals surface area contributed by atoms with Gasteiger partial charge in [0.1, 0.15) is 11.6 Å². The minimum atomic E-state index is -4.75. The zero-order chi connectivity index (χ0) is 20.3. The molecule has 0 aliphatic rings. The number of nitrogens with zero attached hydrogens (tertiary/aromatic N) is 4. The predicted molar refractivity (Wildman–Crippen MR) is 102 cm³/mol. The Morgan fingerprint density at radius 2 is 1.93 bits per heavy atom. The average Bonchev–Trinajstić information content (AvgIpc) is 3.11. The Morgan fingerprint density at radius 1 is 1.03 bits per heavy atom. The van der Waals surface area contributed by atoms with Gasteiger partial charge in [-0.1, -0.05) is 18.2 Å². The Kier molecular flexibility index (Phi) is 5.03. The Hall–Kier alpha value is -3.62. The van der Waals surface area contributed by atoms with Crippen molar-refractivity contribution in [3.05, 3.63) is 72.7 Å². The second kappa shape index (κ2) is 7.78. The first kappa shape index (κ1) is 18.7. The summed E-state index contributed by atoms with van der Waals surface area (Å²) in [5.41, 5.74) is 2.76. The van der Waals surface area contributed by atoms with Gasteiger partial charge in [0, 0.05) is 24.5 Å². The molecule has 29 heavy (non-hydrogen) atoms. The molecule has 0 saturated heterocycles. The molecule has 0 bridgehead atoms. The number of benzene rings is 1. The number of imidazole rings is 1. The van der Waals surface area contributed by atoms with E-state index < -0.39 is 6.36 Å². The molecule has 0 saturated carbocycles. The molecule has 0 aliphatic carbocycles. The number of halogens is 3. The summed E-state index contributed by atoms with van der Waals surface area (Å²) in [4.78, 5) is 8.35. The van der Waals surface area contributed by atoms with Gasteiger partial charge in [0.15, 0.2) is 5.65 Å². The van der Waals surface area contributed by atoms with Gasteiger partial charge in [-0.05, 0) is 42.3 Å². The van der Waals surface area contributed by atoms with E-state index in [2.05, 4.69) is 25.1 Å². The van der Waals surface area contributed by atoms with Crippen molar-refractivity contribution < 1.29 is 17.9 Å². The lowest BCUT2D eigenvalue weighted by Crippen LogP contribution is -2.17. The summed E-state index contributed by atoms with van der Waals surface area (Å²) in [6.07, 6.45) is 1.13. The summed E-state index contributed by atoms with van der Waals surface area (Å²) in [6, 6.07) is 13.2. The molecule has 3 aromatic heterocycles. The Bertz CT molecular complexity index is 1110. The molecule has 0 aliphatic heterocycles. The molecular weight excluding hydrogens is 383 g/mol. The maximum atomic E-state index is 12.5. The molecule has 9 heteroatoms. The van der Waals surface area contributed by atoms with Crippen molar-refractivity contribution in [2.24, 2.45) is 0 Å². The molecule has 0 spiro atoms. The standard InChI is InChI=1S/C20H16F3N5O/c21-20(22,23)29-16-5-1-4-15(11-16)17-13-26-19-7-6-18(27-28(17)19)25-10-8-14-3-2-9-24-12-14/h1-7,9,11-13H,8,10H2,(H,25,27). The summed E-state index contributed by atoms with van der Waals surface area (Å²) in [5.74, 6) is 0.332. The van der Waals surface area contributed by atoms with Crippen LogP contribution in [0.4, 0.5) is 19.0 Å². The van der Waals surface area contributed by atoms with Crippen molar-refractivity contribution in [2.45, 2.75) is 12.8 Å². The molecule has 0 atom stereocenters. The number of fused-ring (bicyclic) bond motifs is 1. The van der Waals surface area contributed by atoms with Crippen LogP contribution in [0.1, 0.15) is 5.56 Å². The summed E-state index contributed by atoms with van der Waals surface area (Å²) in [6.45, 7) is 0.656. The topological polar surface area (TPSA) is 64.3 Å². The smallest absolute Gasteiger partial charge is 0.406 e. The Labute approximate surface area is 164 Å². The van der Waals surface area contributed by atoms with Gasteiger partial charge < -0.3 is 10.1 Å². The molecule has 4 rings (SSSR count). The van der Waals surface area contributed by atoms with Crippen LogP contribution in [0.3, 0.4) is 0 Å². The van der Waals surface area contributed by atoms with Gasteiger partial charge in [-0.25, -0.2) is 9.50 Å². The summed E-state index contributed by atoms with van der Waals surface area (Å²) in [5, 5.41) is 7.75. The maximum Gasteiger partial charge on any atom is 0.573 e. The summed E-state index contributed by atoms with van der Waals surface area (Å²) >= 11 is 0. The lowest BCUT2D eigenvalue weighted by Gasteiger charge is -2.10. The van der Waals surface area contributed by atoms with Crippen molar-refractivity contribution in [3.8, 4) is 17.0 Å². The zero-order valence-electron chi connectivity index (χ0n) is 15.1. The summed E-state index contributed by atoms with van der Waals surface area (Å²) in [7, 11) is 0. The first-order valence-electron chi connectivity index (χ1n) is 8.82. The first-order chi connectivity index (χ1) is 14.0. The molecular formula is C20H16F3N5O. The first-order valence-corrected chi connectivity index (χ1v) is 8.82. The second-order valence-corrected chi connectivity index (χ2v) is 6.25. The van der Waals surface area contributed by atoms with Crippen molar-refractivity contribution in [2.75, 3.05) is 11.9 Å². The number of nitrogens with one attached hydrogen (secondary N) is 1. The van der Waals surface area contributed by atoms with Gasteiger partial charge in [-0.15, -0.1) is 18.3 Å². The van der Waals surface area contributed by atoms with E-state index in [9.17, 15) is 13.2 Å². The third-order valence-corrected chi connectivity index (χ3v) is 4.17. The number of aromatic nitrogens is 4. The fraction of sp³-hybridized carbons (Fsp3) is 0.150. The van der Waals surface area contributed by atoms with Crippen LogP contribution in [-0.4, -0.2) is 32.5 Å². The van der Waals surface area contributed by atoms with Crippen LogP contribution in [0.25, 0.3) is 16.9 Å². The average molecular weight is 399 g/mol. The van der Waals surface area contributed by atoms with Gasteiger partial charge in [-0.3, -0.25) is 4.98 Å². The van der Waals surface area contributed by atoms with E-state index in [1.807, 2.05) is 18.3 Å². The van der Waals surface area contributed by atoms with Crippen LogP contribution in [0.15, 0.2) is 67.1 Å². The quantitative estimate of drug-likeness (QED) is 0.522. The fourth-order valence-corrected chi connectivity index (χ4v) is 2.90. The second-order valence-electron chi connectivity index (χ2n) is 6.25. The number of ether oxygens (including phenoxy) is 1. The minimum absolute atomic E-state index is 0.296. The van der Waals surface area contributed by atoms with Crippen molar-refractivity contribution in [1.29, 1.82) is 0 Å². The predicted octanol–water partition coefficient (Wildman–Crippen LogP) is 4.34. The van der Waals surface area contributed by atoms with Gasteiger partial charge in [0.25, 0.3) is 0 Å². The molecule has 0 unspecified atom stereocenters. The molecule has 1 aromatic carbocycles. The third kappa shape index (κ3) is 4.63. The van der Waals surface area contributed by atoms with Gasteiger partial charge in [0.2, 0.25) is 0 Å². The molecule has 0 amide bonds. The van der Waals surface area contributed by atoms with E-state index in [-0.39, 0.29) is 5.75 Å². The Balaban J connectivity index is 1.55. The molecule has 6 nitrogen and oxygen atoms in total. The highest BCUT2D eigenvalue weighted by molar-refractivity contribution is 5.65. The maximum absolute atomic E-state index is 12.5. The molecule has 3 heterocycles. The minimum Gasteiger partial charge on any atom is -0.406 e. The number of pyridine rings is 1. The van der Waals surface area contributed by atoms with Crippen LogP contribution in [0.5, 0.6) is 5.75 Å². The van der Waals surface area contributed by atoms with E-state index >= 15 is 0 Å². The molecule has 0 fully saturated rings. The van der Waals surface area contributed by atoms with E-state index in [0.29, 0.717) is 29.3 Å². The van der Waals surface area contributed by atoms with Crippen LogP contribution in [0.2, 0.25) is 0 Å². The van der Waals surface area contributed by atoms with E-state index in [0.717, 1.165) is 12.0 Å². The number of hydrogen-bond acceptors (Lipinski definition) is 5. The fourth-order valence-electron chi connectivity index (χ4n) is 2.90. The lowest BCUT2D eigenvalue weighted by atomic mass is 10.1. The lowest BCUT2D eigenvalue weighted by molar-refractivity contribution is -0.274. The van der Waals surface area contributed by atoms with Crippen LogP contribution in [0, 0.1) is 0 Å². The van der Waals surface area contributed by atoms with E-state index in [4.69, 9.17) is 0 Å². The summed E-state index contributed by atoms with van der Waals surface area (Å²) < 4.78 is 43.1. The normalized spacial score (nSPS) is 11.6.